The van der Waals surface area contributed by atoms with Gasteiger partial charge in [0.1, 0.15) is 11.5 Å². The Labute approximate surface area is 198 Å². The van der Waals surface area contributed by atoms with Crippen molar-refractivity contribution in [3.8, 4) is 0 Å². The topological polar surface area (TPSA) is 45.2 Å². The molecule has 0 spiro atoms. The Hall–Kier alpha value is -1.73. The van der Waals surface area contributed by atoms with Crippen LogP contribution >= 0.6 is 11.6 Å². The minimum Gasteiger partial charge on any atom is -0.350 e. The molecule has 1 aromatic heterocycles. The second-order valence-electron chi connectivity index (χ2n) is 8.23. The van der Waals surface area contributed by atoms with Gasteiger partial charge in [-0.1, -0.05) is 17.7 Å². The molecule has 1 unspecified atom stereocenters. The van der Waals surface area contributed by atoms with E-state index in [9.17, 15) is 9.18 Å². The van der Waals surface area contributed by atoms with Crippen molar-refractivity contribution in [1.29, 1.82) is 0 Å². The molecule has 154 valence electrons. The van der Waals surface area contributed by atoms with Gasteiger partial charge in [-0.05, 0) is 41.6 Å². The van der Waals surface area contributed by atoms with Crippen LogP contribution in [0.3, 0.4) is 0 Å². The summed E-state index contributed by atoms with van der Waals surface area (Å²) in [7, 11) is 29.0. The fourth-order valence-electron chi connectivity index (χ4n) is 3.64. The summed E-state index contributed by atoms with van der Waals surface area (Å²) in [5.41, 5.74) is -0.540. The largest absolute Gasteiger partial charge is 0.350 e. The maximum atomic E-state index is 15.4. The van der Waals surface area contributed by atoms with Gasteiger partial charge in [-0.15, -0.1) is 5.11 Å². The number of alkyl halides is 1. The van der Waals surface area contributed by atoms with Gasteiger partial charge in [0.25, 0.3) is 5.91 Å². The molecule has 1 aliphatic rings. The summed E-state index contributed by atoms with van der Waals surface area (Å²) < 4.78 is 28.8. The highest BCUT2D eigenvalue weighted by atomic mass is 35.5. The molecule has 2 aromatic rings. The first kappa shape index (κ1) is 24.9. The molecule has 0 bridgehead atoms. The molecule has 3 rings (SSSR count). The molecule has 4 nitrogen and oxygen atoms in total. The zero-order chi connectivity index (χ0) is 23.7. The average molecular weight is 443 g/mol. The molecule has 12 heteroatoms. The van der Waals surface area contributed by atoms with E-state index in [0.717, 1.165) is 6.07 Å². The number of hydrogen-bond acceptors (Lipinski definition) is 3. The van der Waals surface area contributed by atoms with Crippen LogP contribution in [0.15, 0.2) is 36.5 Å². The van der Waals surface area contributed by atoms with Crippen molar-refractivity contribution in [3.63, 3.8) is 0 Å². The number of carbonyl (C=O) groups excluding carboxylic acids is 1. The molecule has 2 heterocycles. The van der Waals surface area contributed by atoms with Crippen LogP contribution in [-0.4, -0.2) is 79.1 Å². The van der Waals surface area contributed by atoms with Crippen LogP contribution in [-0.2, 0) is 11.7 Å². The van der Waals surface area contributed by atoms with Crippen molar-refractivity contribution in [2.24, 2.45) is 0 Å². The fraction of sp³-hybridized carbons (Fsp3) is 0.400. The zero-order valence-electron chi connectivity index (χ0n) is 17.3. The Morgan fingerprint density at radius 1 is 1.25 bits per heavy atom. The van der Waals surface area contributed by atoms with Crippen molar-refractivity contribution in [1.82, 2.24) is 15.2 Å². The maximum Gasteiger partial charge on any atom is 0.253 e. The molecule has 1 amide bonds. The second kappa shape index (κ2) is 9.26. The molecule has 1 N–H and O–H groups in total. The number of aromatic nitrogens is 1. The Morgan fingerprint density at radius 3 is 2.53 bits per heavy atom. The van der Waals surface area contributed by atoms with Crippen molar-refractivity contribution < 1.29 is 13.6 Å². The zero-order valence-corrected chi connectivity index (χ0v) is 18.1. The Balaban J connectivity index is 1.60. The Kier molecular flexibility index (Phi) is 7.21. The Morgan fingerprint density at radius 2 is 1.97 bits per heavy atom. The molecule has 32 heavy (non-hydrogen) atoms. The van der Waals surface area contributed by atoms with Crippen LogP contribution in [0.4, 0.5) is 8.78 Å². The lowest BCUT2D eigenvalue weighted by Gasteiger charge is -2.49. The van der Waals surface area contributed by atoms with Gasteiger partial charge < -0.3 is 10.2 Å². The molecule has 10 radical (unpaired) electrons. The van der Waals surface area contributed by atoms with E-state index in [0.29, 0.717) is 11.3 Å². The minimum atomic E-state index is -1.75. The first-order valence-corrected chi connectivity index (χ1v) is 10.2. The van der Waals surface area contributed by atoms with Crippen LogP contribution in [0.2, 0.25) is 5.02 Å². The number of nitrogens with zero attached hydrogens (tertiary/aromatic N) is 2. The summed E-state index contributed by atoms with van der Waals surface area (Å²) in [5, 5.41) is -0.433. The highest BCUT2D eigenvalue weighted by Gasteiger charge is 2.45. The predicted octanol–water partition coefficient (Wildman–Crippen LogP) is 1.21. The third kappa shape index (κ3) is 5.79. The van der Waals surface area contributed by atoms with Gasteiger partial charge in [0.2, 0.25) is 0 Å². The monoisotopic (exact) mass is 443 g/mol. The van der Waals surface area contributed by atoms with Crippen LogP contribution in [0.1, 0.15) is 34.5 Å². The van der Waals surface area contributed by atoms with Gasteiger partial charge in [0.15, 0.2) is 0 Å². The summed E-state index contributed by atoms with van der Waals surface area (Å²) in [4.78, 5) is 18.2. The quantitative estimate of drug-likeness (QED) is 0.684. The highest BCUT2D eigenvalue weighted by molar-refractivity contribution is 6.58. The van der Waals surface area contributed by atoms with Crippen molar-refractivity contribution >= 4 is 56.7 Å². The lowest BCUT2D eigenvalue weighted by atomic mass is 9.40. The van der Waals surface area contributed by atoms with Gasteiger partial charge in [-0.3, -0.25) is 9.78 Å². The third-order valence-electron chi connectivity index (χ3n) is 5.37. The fourth-order valence-corrected chi connectivity index (χ4v) is 3.82. The van der Waals surface area contributed by atoms with E-state index in [1.807, 2.05) is 0 Å². The predicted molar refractivity (Wildman–Crippen MR) is 125 cm³/mol. The van der Waals surface area contributed by atoms with Crippen LogP contribution in [0.25, 0.3) is 0 Å². The number of likely N-dealkylation sites (tertiary alicyclic amines) is 1. The number of halogens is 3. The Bertz CT molecular complexity index is 990. The average Bonchev–Trinajstić information content (AvgIpc) is 2.68. The van der Waals surface area contributed by atoms with E-state index in [2.05, 4.69) is 10.3 Å². The third-order valence-corrected chi connectivity index (χ3v) is 5.66. The van der Waals surface area contributed by atoms with Crippen molar-refractivity contribution in [3.05, 3.63) is 64.2 Å². The van der Waals surface area contributed by atoms with Gasteiger partial charge >= 0.3 is 0 Å². The lowest BCUT2D eigenvalue weighted by molar-refractivity contribution is 0.0253. The minimum absolute atomic E-state index is 0.0131. The van der Waals surface area contributed by atoms with E-state index in [1.165, 1.54) is 23.2 Å². The van der Waals surface area contributed by atoms with E-state index in [4.69, 9.17) is 50.8 Å². The summed E-state index contributed by atoms with van der Waals surface area (Å²) >= 11 is 5.75. The van der Waals surface area contributed by atoms with Gasteiger partial charge in [-0.25, -0.2) is 8.78 Å². The number of piperidine rings is 1. The van der Waals surface area contributed by atoms with Gasteiger partial charge in [-0.2, -0.15) is 0 Å². The molecule has 1 aliphatic heterocycles. The lowest BCUT2D eigenvalue weighted by Crippen LogP contribution is -2.62. The van der Waals surface area contributed by atoms with Gasteiger partial charge in [0.05, 0.1) is 49.9 Å². The molecule has 1 saturated heterocycles. The number of benzene rings is 1. The standard InChI is InChI=1S/C20H17B5ClF2N3O/c21-19(22)10-18(28,11-29-9-14-3-2-13(8-30-14)20(23,24)25)5-6-31(19)17(32)12-1-4-16(27)15(26)7-12/h1-4,7-8,29H,5-6,9-11H2. The first-order chi connectivity index (χ1) is 14.8. The number of pyridine rings is 1. The van der Waals surface area contributed by atoms with Crippen molar-refractivity contribution in [2.75, 3.05) is 13.1 Å². The first-order valence-electron chi connectivity index (χ1n) is 9.87. The normalized spacial score (nSPS) is 20.8. The number of carbonyl (C=O) groups is 1. The number of nitrogens with one attached hydrogen (secondary N) is 1. The molecule has 0 aliphatic carbocycles. The van der Waals surface area contributed by atoms with Gasteiger partial charge in [0, 0.05) is 37.8 Å². The molecular formula is C20H17B5ClF2N3O. The molecule has 1 aromatic carbocycles. The highest BCUT2D eigenvalue weighted by Crippen LogP contribution is 2.35. The molecule has 1 fully saturated rings. The molecule has 1 atom stereocenters. The number of amides is 1. The SMILES string of the molecule is [B]C([B])([B])c1ccc(CNCC2(F)CCN(C(=O)c3ccc(F)c(Cl)c3)C([B])([B])C2)nc1. The maximum absolute atomic E-state index is 15.4. The van der Waals surface area contributed by atoms with E-state index in [1.54, 1.807) is 12.1 Å². The van der Waals surface area contributed by atoms with E-state index >= 15 is 4.39 Å². The summed E-state index contributed by atoms with van der Waals surface area (Å²) in [6.07, 6.45) is 1.17. The van der Waals surface area contributed by atoms with Crippen LogP contribution in [0.5, 0.6) is 0 Å². The number of hydrogen-bond donors (Lipinski definition) is 1. The van der Waals surface area contributed by atoms with E-state index in [-0.39, 0.29) is 43.1 Å². The second-order valence-corrected chi connectivity index (χ2v) is 8.64. The summed E-state index contributed by atoms with van der Waals surface area (Å²) in [5.74, 6) is -1.20. The smallest absolute Gasteiger partial charge is 0.253 e. The molecule has 0 saturated carbocycles. The number of rotatable bonds is 6. The summed E-state index contributed by atoms with van der Waals surface area (Å²) in [6, 6.07) is 6.87. The summed E-state index contributed by atoms with van der Waals surface area (Å²) in [6.45, 7) is 0.209. The van der Waals surface area contributed by atoms with Crippen LogP contribution < -0.4 is 5.32 Å². The van der Waals surface area contributed by atoms with Crippen molar-refractivity contribution in [2.45, 2.75) is 35.5 Å². The van der Waals surface area contributed by atoms with Crippen LogP contribution in [0, 0.1) is 5.82 Å². The molecular weight excluding hydrogens is 426 g/mol. The van der Waals surface area contributed by atoms with E-state index < -0.39 is 27.8 Å².